The Bertz CT molecular complexity index is 1380. The van der Waals surface area contributed by atoms with Crippen LogP contribution in [0.2, 0.25) is 0 Å². The molecule has 3 saturated heterocycles. The number of aromatic nitrogens is 1. The summed E-state index contributed by atoms with van der Waals surface area (Å²) in [7, 11) is 0. The molecular formula is C32H38N4O2. The minimum Gasteiger partial charge on any atom is -0.381 e. The third-order valence-corrected chi connectivity index (χ3v) is 9.80. The van der Waals surface area contributed by atoms with Crippen LogP contribution in [0.1, 0.15) is 66.1 Å². The number of H-pyrrole nitrogens is 1. The van der Waals surface area contributed by atoms with Gasteiger partial charge in [-0.05, 0) is 72.6 Å². The molecule has 2 aromatic carbocycles. The first-order valence-corrected chi connectivity index (χ1v) is 14.6. The number of hydrogen-bond donors (Lipinski definition) is 1. The molecule has 0 radical (unpaired) electrons. The summed E-state index contributed by atoms with van der Waals surface area (Å²) in [6.07, 6.45) is 6.45. The lowest BCUT2D eigenvalue weighted by molar-refractivity contribution is 0.0115. The first-order chi connectivity index (χ1) is 18.7. The number of benzene rings is 2. The molecule has 198 valence electrons. The monoisotopic (exact) mass is 510 g/mol. The van der Waals surface area contributed by atoms with Gasteiger partial charge in [0.1, 0.15) is 0 Å². The van der Waals surface area contributed by atoms with E-state index in [1.165, 1.54) is 51.9 Å². The number of rotatable bonds is 3. The largest absolute Gasteiger partial charge is 0.381 e. The summed E-state index contributed by atoms with van der Waals surface area (Å²) < 4.78 is 11.5. The van der Waals surface area contributed by atoms with Crippen molar-refractivity contribution in [2.45, 2.75) is 56.9 Å². The molecule has 7 rings (SSSR count). The first-order valence-electron chi connectivity index (χ1n) is 14.6. The fourth-order valence-corrected chi connectivity index (χ4v) is 7.75. The quantitative estimate of drug-likeness (QED) is 0.543. The molecule has 0 saturated carbocycles. The second kappa shape index (κ2) is 9.72. The van der Waals surface area contributed by atoms with Crippen LogP contribution in [-0.2, 0) is 27.7 Å². The third kappa shape index (κ3) is 3.87. The van der Waals surface area contributed by atoms with Gasteiger partial charge in [0.05, 0.1) is 24.8 Å². The number of aromatic amines is 1. The molecule has 1 aliphatic carbocycles. The van der Waals surface area contributed by atoms with Crippen molar-refractivity contribution in [2.75, 3.05) is 57.5 Å². The fourth-order valence-electron chi connectivity index (χ4n) is 7.75. The molecule has 38 heavy (non-hydrogen) atoms. The van der Waals surface area contributed by atoms with Crippen LogP contribution in [0.15, 0.2) is 30.3 Å². The molecule has 6 heteroatoms. The van der Waals surface area contributed by atoms with E-state index in [-0.39, 0.29) is 5.41 Å². The van der Waals surface area contributed by atoms with Gasteiger partial charge < -0.3 is 19.4 Å². The molecule has 4 aliphatic rings. The maximum Gasteiger partial charge on any atom is 0.0992 e. The van der Waals surface area contributed by atoms with Gasteiger partial charge in [-0.2, -0.15) is 5.26 Å². The molecule has 0 amide bonds. The van der Waals surface area contributed by atoms with Gasteiger partial charge in [0.15, 0.2) is 0 Å². The zero-order valence-electron chi connectivity index (χ0n) is 22.5. The van der Waals surface area contributed by atoms with E-state index in [1.807, 2.05) is 12.1 Å². The lowest BCUT2D eigenvalue weighted by Crippen LogP contribution is -2.49. The van der Waals surface area contributed by atoms with Crippen molar-refractivity contribution >= 4 is 16.6 Å². The molecule has 6 nitrogen and oxygen atoms in total. The summed E-state index contributed by atoms with van der Waals surface area (Å²) in [6.45, 7) is 10.0. The number of piperidine rings is 1. The fraction of sp³-hybridized carbons (Fsp3) is 0.531. The standard InChI is InChI=1S/C32H38N4O2/c1-2-23-18-24-19-27-26-4-3-22(21-33)17-29(26)34-31(27)32(7-13-37-14-8-32)28(24)20-30(23)36-9-5-25(6-10-36)35-11-15-38-16-12-35/h3-4,17-18,20,25,34H,2,5-16,19H2,1H3. The van der Waals surface area contributed by atoms with E-state index >= 15 is 0 Å². The van der Waals surface area contributed by atoms with Gasteiger partial charge in [0.2, 0.25) is 0 Å². The van der Waals surface area contributed by atoms with Crippen molar-refractivity contribution in [3.8, 4) is 6.07 Å². The van der Waals surface area contributed by atoms with Crippen LogP contribution in [0.4, 0.5) is 5.69 Å². The van der Waals surface area contributed by atoms with Gasteiger partial charge in [-0.15, -0.1) is 0 Å². The van der Waals surface area contributed by atoms with Crippen LogP contribution in [-0.4, -0.2) is 68.5 Å². The minimum absolute atomic E-state index is 0.0554. The smallest absolute Gasteiger partial charge is 0.0992 e. The van der Waals surface area contributed by atoms with E-state index in [0.29, 0.717) is 11.6 Å². The predicted molar refractivity (Wildman–Crippen MR) is 150 cm³/mol. The summed E-state index contributed by atoms with van der Waals surface area (Å²) >= 11 is 0. The van der Waals surface area contributed by atoms with E-state index in [0.717, 1.165) is 83.8 Å². The molecule has 1 N–H and O–H groups in total. The Morgan fingerprint density at radius 1 is 1.00 bits per heavy atom. The third-order valence-electron chi connectivity index (χ3n) is 9.80. The van der Waals surface area contributed by atoms with E-state index in [9.17, 15) is 5.26 Å². The number of nitrogens with zero attached hydrogens (tertiary/aromatic N) is 3. The molecule has 3 aliphatic heterocycles. The number of aryl methyl sites for hydroxylation is 1. The molecular weight excluding hydrogens is 472 g/mol. The predicted octanol–water partition coefficient (Wildman–Crippen LogP) is 4.90. The van der Waals surface area contributed by atoms with Gasteiger partial charge in [-0.25, -0.2) is 0 Å². The Hall–Kier alpha value is -2.85. The summed E-state index contributed by atoms with van der Waals surface area (Å²) in [5.41, 5.74) is 10.4. The number of morpholine rings is 1. The highest BCUT2D eigenvalue weighted by Crippen LogP contribution is 2.51. The highest BCUT2D eigenvalue weighted by molar-refractivity contribution is 5.88. The summed E-state index contributed by atoms with van der Waals surface area (Å²) in [4.78, 5) is 9.15. The van der Waals surface area contributed by atoms with Crippen LogP contribution in [0.3, 0.4) is 0 Å². The number of anilines is 1. The Balaban J connectivity index is 1.27. The van der Waals surface area contributed by atoms with Crippen LogP contribution in [0.25, 0.3) is 10.9 Å². The number of fused-ring (bicyclic) bond motifs is 6. The lowest BCUT2D eigenvalue weighted by Gasteiger charge is -2.44. The molecule has 4 heterocycles. The Kier molecular flexibility index (Phi) is 6.19. The van der Waals surface area contributed by atoms with Crippen molar-refractivity contribution in [1.29, 1.82) is 5.26 Å². The maximum atomic E-state index is 9.49. The topological polar surface area (TPSA) is 64.5 Å². The number of ether oxygens (including phenoxy) is 2. The normalized spacial score (nSPS) is 21.8. The second-order valence-electron chi connectivity index (χ2n) is 11.6. The molecule has 3 fully saturated rings. The first kappa shape index (κ1) is 24.2. The van der Waals surface area contributed by atoms with Gasteiger partial charge >= 0.3 is 0 Å². The van der Waals surface area contributed by atoms with E-state index in [1.54, 1.807) is 0 Å². The summed E-state index contributed by atoms with van der Waals surface area (Å²) in [5.74, 6) is 0. The molecule has 1 aromatic heterocycles. The number of hydrogen-bond acceptors (Lipinski definition) is 5. The molecule has 1 spiro atoms. The number of nitriles is 1. The lowest BCUT2D eigenvalue weighted by atomic mass is 9.64. The summed E-state index contributed by atoms with van der Waals surface area (Å²) in [6, 6.07) is 14.2. The molecule has 0 atom stereocenters. The van der Waals surface area contributed by atoms with Gasteiger partial charge in [-0.1, -0.05) is 19.1 Å². The van der Waals surface area contributed by atoms with E-state index in [4.69, 9.17) is 9.47 Å². The Morgan fingerprint density at radius 3 is 2.50 bits per heavy atom. The Labute approximate surface area is 225 Å². The van der Waals surface area contributed by atoms with E-state index < -0.39 is 0 Å². The zero-order valence-corrected chi connectivity index (χ0v) is 22.5. The van der Waals surface area contributed by atoms with E-state index in [2.05, 4.69) is 46.0 Å². The van der Waals surface area contributed by atoms with Crippen molar-refractivity contribution in [2.24, 2.45) is 0 Å². The van der Waals surface area contributed by atoms with Gasteiger partial charge in [0, 0.05) is 79.6 Å². The Morgan fingerprint density at radius 2 is 1.76 bits per heavy atom. The van der Waals surface area contributed by atoms with Crippen LogP contribution in [0.5, 0.6) is 0 Å². The summed E-state index contributed by atoms with van der Waals surface area (Å²) in [5, 5.41) is 10.8. The average Bonchev–Trinajstić information content (AvgIpc) is 3.36. The molecule has 3 aromatic rings. The van der Waals surface area contributed by atoms with Crippen LogP contribution < -0.4 is 4.90 Å². The van der Waals surface area contributed by atoms with Crippen molar-refractivity contribution in [3.05, 3.63) is 63.8 Å². The van der Waals surface area contributed by atoms with Crippen molar-refractivity contribution in [3.63, 3.8) is 0 Å². The average molecular weight is 511 g/mol. The molecule has 0 bridgehead atoms. The highest BCUT2D eigenvalue weighted by Gasteiger charge is 2.44. The maximum absolute atomic E-state index is 9.49. The highest BCUT2D eigenvalue weighted by atomic mass is 16.5. The van der Waals surface area contributed by atoms with Crippen molar-refractivity contribution < 1.29 is 9.47 Å². The number of nitrogens with one attached hydrogen (secondary N) is 1. The van der Waals surface area contributed by atoms with Crippen molar-refractivity contribution in [1.82, 2.24) is 9.88 Å². The minimum atomic E-state index is -0.0554. The second-order valence-corrected chi connectivity index (χ2v) is 11.6. The van der Waals surface area contributed by atoms with Crippen LogP contribution in [0, 0.1) is 11.3 Å². The SMILES string of the molecule is CCc1cc2c(cc1N1CCC(N3CCOCC3)CC1)C1(CCOCC1)c1[nH]c3cc(C#N)ccc3c1C2. The van der Waals surface area contributed by atoms with Crippen LogP contribution >= 0.6 is 0 Å². The molecule has 0 unspecified atom stereocenters. The van der Waals surface area contributed by atoms with Gasteiger partial charge in [0.25, 0.3) is 0 Å². The zero-order chi connectivity index (χ0) is 25.7. The van der Waals surface area contributed by atoms with Gasteiger partial charge in [-0.3, -0.25) is 4.90 Å².